The maximum atomic E-state index is 13.8. The minimum absolute atomic E-state index is 0.00777. The molecule has 2 saturated carbocycles. The Morgan fingerprint density at radius 1 is 1.14 bits per heavy atom. The number of thiophene rings is 1. The van der Waals surface area contributed by atoms with Crippen molar-refractivity contribution in [1.82, 2.24) is 30.4 Å². The smallest absolute Gasteiger partial charge is 0.248 e. The van der Waals surface area contributed by atoms with Gasteiger partial charge in [-0.05, 0) is 61.4 Å². The van der Waals surface area contributed by atoms with Crippen molar-refractivity contribution in [3.8, 4) is 11.6 Å². The summed E-state index contributed by atoms with van der Waals surface area (Å²) in [5.74, 6) is 1.35. The zero-order chi connectivity index (χ0) is 24.2. The summed E-state index contributed by atoms with van der Waals surface area (Å²) in [6.45, 7) is 1.77. The summed E-state index contributed by atoms with van der Waals surface area (Å²) in [6, 6.07) is 7.06. The van der Waals surface area contributed by atoms with Gasteiger partial charge < -0.3 is 14.6 Å². The summed E-state index contributed by atoms with van der Waals surface area (Å²) in [5, 5.41) is 17.7. The van der Waals surface area contributed by atoms with Gasteiger partial charge in [-0.25, -0.2) is 0 Å². The van der Waals surface area contributed by atoms with Crippen LogP contribution in [0.1, 0.15) is 74.5 Å². The highest BCUT2D eigenvalue weighted by Gasteiger charge is 2.38. The number of tetrazole rings is 1. The van der Waals surface area contributed by atoms with E-state index in [0.29, 0.717) is 11.6 Å². The van der Waals surface area contributed by atoms with Gasteiger partial charge in [-0.2, -0.15) is 4.80 Å². The standard InChI is InChI=1S/C25H32N6O3S/c1-17-13-14-20(34-17)24-27-29-30(28-24)16-22(32)31(19-10-3-2-4-11-19)23(21-12-7-15-35-21)25(33)26-18-8-5-6-9-18/h7,12-15,18-19,23H,2-6,8-11,16H2,1H3,(H,26,33). The van der Waals surface area contributed by atoms with Crippen LogP contribution in [0.2, 0.25) is 0 Å². The Morgan fingerprint density at radius 3 is 2.60 bits per heavy atom. The molecule has 0 spiro atoms. The summed E-state index contributed by atoms with van der Waals surface area (Å²) in [7, 11) is 0. The number of hydrogen-bond donors (Lipinski definition) is 1. The van der Waals surface area contributed by atoms with E-state index in [0.717, 1.165) is 68.4 Å². The summed E-state index contributed by atoms with van der Waals surface area (Å²) < 4.78 is 5.59. The van der Waals surface area contributed by atoms with Crippen LogP contribution in [-0.4, -0.2) is 49.0 Å². The van der Waals surface area contributed by atoms with E-state index in [9.17, 15) is 9.59 Å². The third kappa shape index (κ3) is 5.47. The van der Waals surface area contributed by atoms with Crippen LogP contribution < -0.4 is 5.32 Å². The molecule has 2 aliphatic rings. The number of hydrogen-bond acceptors (Lipinski definition) is 7. The zero-order valence-corrected chi connectivity index (χ0v) is 20.9. The molecule has 3 aromatic rings. The normalized spacial score (nSPS) is 18.0. The Kier molecular flexibility index (Phi) is 7.26. The van der Waals surface area contributed by atoms with E-state index in [2.05, 4.69) is 20.7 Å². The lowest BCUT2D eigenvalue weighted by Crippen LogP contribution is -2.51. The molecule has 0 aliphatic heterocycles. The molecule has 1 atom stereocenters. The van der Waals surface area contributed by atoms with Crippen LogP contribution in [-0.2, 0) is 16.1 Å². The maximum Gasteiger partial charge on any atom is 0.248 e. The van der Waals surface area contributed by atoms with Crippen molar-refractivity contribution in [1.29, 1.82) is 0 Å². The largest absolute Gasteiger partial charge is 0.458 e. The number of furan rings is 1. The predicted molar refractivity (Wildman–Crippen MR) is 131 cm³/mol. The van der Waals surface area contributed by atoms with Crippen molar-refractivity contribution in [3.05, 3.63) is 40.3 Å². The molecule has 2 aliphatic carbocycles. The van der Waals surface area contributed by atoms with Gasteiger partial charge in [-0.3, -0.25) is 9.59 Å². The number of aryl methyl sites for hydroxylation is 1. The Bertz CT molecular complexity index is 1130. The third-order valence-corrected chi connectivity index (χ3v) is 7.91. The van der Waals surface area contributed by atoms with Gasteiger partial charge in [0, 0.05) is 17.0 Å². The van der Waals surface area contributed by atoms with Crippen molar-refractivity contribution < 1.29 is 14.0 Å². The lowest BCUT2D eigenvalue weighted by molar-refractivity contribution is -0.145. The predicted octanol–water partition coefficient (Wildman–Crippen LogP) is 4.26. The zero-order valence-electron chi connectivity index (χ0n) is 20.1. The molecule has 3 heterocycles. The lowest BCUT2D eigenvalue weighted by Gasteiger charge is -2.39. The highest BCUT2D eigenvalue weighted by atomic mass is 32.1. The van der Waals surface area contributed by atoms with E-state index in [1.54, 1.807) is 6.07 Å². The van der Waals surface area contributed by atoms with Crippen LogP contribution >= 0.6 is 11.3 Å². The fourth-order valence-electron chi connectivity index (χ4n) is 5.27. The second kappa shape index (κ2) is 10.7. The summed E-state index contributed by atoms with van der Waals surface area (Å²) in [4.78, 5) is 31.5. The van der Waals surface area contributed by atoms with Gasteiger partial charge in [0.1, 0.15) is 18.3 Å². The molecule has 0 bridgehead atoms. The van der Waals surface area contributed by atoms with Crippen LogP contribution in [0.5, 0.6) is 0 Å². The third-order valence-electron chi connectivity index (χ3n) is 6.99. The van der Waals surface area contributed by atoms with E-state index >= 15 is 0 Å². The number of nitrogens with zero attached hydrogens (tertiary/aromatic N) is 5. The molecule has 186 valence electrons. The number of nitrogens with one attached hydrogen (secondary N) is 1. The first-order chi connectivity index (χ1) is 17.1. The minimum Gasteiger partial charge on any atom is -0.458 e. The molecule has 0 aromatic carbocycles. The van der Waals surface area contributed by atoms with E-state index < -0.39 is 6.04 Å². The first kappa shape index (κ1) is 23.7. The topological polar surface area (TPSA) is 106 Å². The number of rotatable bonds is 8. The monoisotopic (exact) mass is 496 g/mol. The van der Waals surface area contributed by atoms with Crippen molar-refractivity contribution >= 4 is 23.2 Å². The number of carbonyl (C=O) groups excluding carboxylic acids is 2. The summed E-state index contributed by atoms with van der Waals surface area (Å²) in [5.41, 5.74) is 0. The van der Waals surface area contributed by atoms with Crippen molar-refractivity contribution in [2.24, 2.45) is 0 Å². The first-order valence-corrected chi connectivity index (χ1v) is 13.5. The Hall–Kier alpha value is -3.01. The van der Waals surface area contributed by atoms with Crippen molar-refractivity contribution in [2.75, 3.05) is 0 Å². The first-order valence-electron chi connectivity index (χ1n) is 12.6. The van der Waals surface area contributed by atoms with E-state index in [1.807, 2.05) is 35.4 Å². The highest BCUT2D eigenvalue weighted by molar-refractivity contribution is 7.10. The second-order valence-corrected chi connectivity index (χ2v) is 10.5. The molecule has 0 saturated heterocycles. The Balaban J connectivity index is 1.41. The molecular weight excluding hydrogens is 464 g/mol. The molecule has 1 unspecified atom stereocenters. The van der Waals surface area contributed by atoms with Crippen LogP contribution in [0.25, 0.3) is 11.6 Å². The molecule has 10 heteroatoms. The summed E-state index contributed by atoms with van der Waals surface area (Å²) in [6.07, 6.45) is 9.32. The summed E-state index contributed by atoms with van der Waals surface area (Å²) >= 11 is 1.52. The minimum atomic E-state index is -0.651. The fourth-order valence-corrected chi connectivity index (χ4v) is 6.09. The second-order valence-electron chi connectivity index (χ2n) is 9.55. The number of carbonyl (C=O) groups is 2. The molecule has 9 nitrogen and oxygen atoms in total. The van der Waals surface area contributed by atoms with Crippen molar-refractivity contribution in [3.63, 3.8) is 0 Å². The Morgan fingerprint density at radius 2 is 1.91 bits per heavy atom. The van der Waals surface area contributed by atoms with Gasteiger partial charge >= 0.3 is 0 Å². The fraction of sp³-hybridized carbons (Fsp3) is 0.560. The average molecular weight is 497 g/mol. The van der Waals surface area contributed by atoms with Gasteiger partial charge in [0.05, 0.1) is 0 Å². The van der Waals surface area contributed by atoms with Gasteiger partial charge in [0.15, 0.2) is 5.76 Å². The van der Waals surface area contributed by atoms with Gasteiger partial charge in [-0.15, -0.1) is 21.5 Å². The van der Waals surface area contributed by atoms with E-state index in [1.165, 1.54) is 16.1 Å². The molecular formula is C25H32N6O3S. The molecule has 0 radical (unpaired) electrons. The average Bonchev–Trinajstić information content (AvgIpc) is 3.66. The van der Waals surface area contributed by atoms with Crippen LogP contribution in [0, 0.1) is 6.92 Å². The van der Waals surface area contributed by atoms with E-state index in [-0.39, 0.29) is 30.4 Å². The van der Waals surface area contributed by atoms with E-state index in [4.69, 9.17) is 4.42 Å². The van der Waals surface area contributed by atoms with Crippen LogP contribution in [0.4, 0.5) is 0 Å². The molecule has 3 aromatic heterocycles. The molecule has 5 rings (SSSR count). The SMILES string of the molecule is Cc1ccc(-c2nnn(CC(=O)N(C3CCCCC3)C(C(=O)NC3CCCC3)c3cccs3)n2)o1. The molecule has 2 amide bonds. The van der Waals surface area contributed by atoms with Crippen LogP contribution in [0.15, 0.2) is 34.1 Å². The lowest BCUT2D eigenvalue weighted by atomic mass is 9.92. The number of aromatic nitrogens is 4. The quantitative estimate of drug-likeness (QED) is 0.499. The molecule has 2 fully saturated rings. The Labute approximate surface area is 208 Å². The highest BCUT2D eigenvalue weighted by Crippen LogP contribution is 2.34. The molecule has 1 N–H and O–H groups in total. The van der Waals surface area contributed by atoms with Crippen molar-refractivity contribution in [2.45, 2.75) is 89.4 Å². The van der Waals surface area contributed by atoms with Crippen LogP contribution in [0.3, 0.4) is 0 Å². The maximum absolute atomic E-state index is 13.8. The molecule has 35 heavy (non-hydrogen) atoms. The number of amides is 2. The van der Waals surface area contributed by atoms with Gasteiger partial charge in [0.2, 0.25) is 17.6 Å². The van der Waals surface area contributed by atoms with Gasteiger partial charge in [0.25, 0.3) is 0 Å². The van der Waals surface area contributed by atoms with Gasteiger partial charge in [-0.1, -0.05) is 38.2 Å².